The summed E-state index contributed by atoms with van der Waals surface area (Å²) in [4.78, 5) is 12.0. The van der Waals surface area contributed by atoms with Gasteiger partial charge in [-0.15, -0.1) is 0 Å². The molecule has 0 bridgehead atoms. The predicted octanol–water partition coefficient (Wildman–Crippen LogP) is 2.79. The zero-order chi connectivity index (χ0) is 20.2. The Bertz CT molecular complexity index is 939. The van der Waals surface area contributed by atoms with Gasteiger partial charge in [0.2, 0.25) is 10.0 Å². The molecule has 0 saturated carbocycles. The second-order valence-electron chi connectivity index (χ2n) is 6.44. The highest BCUT2D eigenvalue weighted by Gasteiger charge is 2.17. The number of hydrogen-bond acceptors (Lipinski definition) is 5. The molecular weight excluding hydrogens is 368 g/mol. The minimum absolute atomic E-state index is 0.105. The Balaban J connectivity index is 2.12. The molecule has 0 atom stereocenters. The average molecular weight is 392 g/mol. The van der Waals surface area contributed by atoms with E-state index in [9.17, 15) is 13.2 Å². The minimum atomic E-state index is -3.99. The quantitative estimate of drug-likeness (QED) is 0.753. The van der Waals surface area contributed by atoms with E-state index in [0.717, 1.165) is 11.1 Å². The maximum atomic E-state index is 12.2. The molecule has 0 fully saturated rings. The molecule has 0 aliphatic carbocycles. The van der Waals surface area contributed by atoms with Crippen LogP contribution in [0.2, 0.25) is 0 Å². The van der Waals surface area contributed by atoms with Crippen LogP contribution in [0.3, 0.4) is 0 Å². The van der Waals surface area contributed by atoms with Gasteiger partial charge < -0.3 is 14.8 Å². The van der Waals surface area contributed by atoms with Gasteiger partial charge in [0.05, 0.1) is 7.11 Å². The Morgan fingerprint density at radius 2 is 1.85 bits per heavy atom. The smallest absolute Gasteiger partial charge is 0.262 e. The van der Waals surface area contributed by atoms with Crippen LogP contribution in [0.1, 0.15) is 30.9 Å². The maximum Gasteiger partial charge on any atom is 0.262 e. The van der Waals surface area contributed by atoms with Gasteiger partial charge in [-0.3, -0.25) is 4.79 Å². The fourth-order valence-corrected chi connectivity index (χ4v) is 3.28. The number of nitrogens with one attached hydrogen (secondary N) is 1. The molecule has 0 saturated heterocycles. The number of primary sulfonamides is 1. The van der Waals surface area contributed by atoms with Crippen LogP contribution in [-0.2, 0) is 14.8 Å². The average Bonchev–Trinajstić information content (AvgIpc) is 2.59. The first-order valence-corrected chi connectivity index (χ1v) is 9.90. The Kier molecular flexibility index (Phi) is 6.45. The van der Waals surface area contributed by atoms with Crippen LogP contribution >= 0.6 is 0 Å². The van der Waals surface area contributed by atoms with Gasteiger partial charge in [0.1, 0.15) is 16.4 Å². The third-order valence-electron chi connectivity index (χ3n) is 3.90. The van der Waals surface area contributed by atoms with Crippen molar-refractivity contribution in [1.82, 2.24) is 0 Å². The van der Waals surface area contributed by atoms with Gasteiger partial charge in [0.25, 0.3) is 5.91 Å². The van der Waals surface area contributed by atoms with Crippen LogP contribution in [0.15, 0.2) is 41.3 Å². The summed E-state index contributed by atoms with van der Waals surface area (Å²) in [7, 11) is -2.65. The summed E-state index contributed by atoms with van der Waals surface area (Å²) < 4.78 is 34.0. The number of nitrogens with two attached hydrogens (primary N) is 1. The lowest BCUT2D eigenvalue weighted by Gasteiger charge is -2.15. The highest BCUT2D eigenvalue weighted by atomic mass is 32.2. The Morgan fingerprint density at radius 3 is 2.44 bits per heavy atom. The fourth-order valence-electron chi connectivity index (χ4n) is 2.56. The van der Waals surface area contributed by atoms with Crippen LogP contribution in [0.25, 0.3) is 0 Å². The topological polar surface area (TPSA) is 108 Å². The molecule has 8 heteroatoms. The third kappa shape index (κ3) is 5.45. The Labute approximate surface area is 159 Å². The molecule has 1 amide bonds. The molecule has 0 aliphatic rings. The monoisotopic (exact) mass is 392 g/mol. The molecule has 0 unspecified atom stereocenters. The lowest BCUT2D eigenvalue weighted by molar-refractivity contribution is -0.118. The van der Waals surface area contributed by atoms with E-state index in [2.05, 4.69) is 5.32 Å². The largest absolute Gasteiger partial charge is 0.495 e. The first kappa shape index (κ1) is 20.7. The summed E-state index contributed by atoms with van der Waals surface area (Å²) in [5, 5.41) is 7.78. The van der Waals surface area contributed by atoms with Crippen LogP contribution in [0.4, 0.5) is 5.69 Å². The first-order chi connectivity index (χ1) is 12.6. The normalized spacial score (nSPS) is 11.3. The lowest BCUT2D eigenvalue weighted by atomic mass is 10.0. The molecule has 146 valence electrons. The lowest BCUT2D eigenvalue weighted by Crippen LogP contribution is -2.21. The van der Waals surface area contributed by atoms with Crippen molar-refractivity contribution in [2.24, 2.45) is 5.14 Å². The molecule has 2 rings (SSSR count). The van der Waals surface area contributed by atoms with E-state index >= 15 is 0 Å². The number of carbonyl (C=O) groups excluding carboxylic acids is 1. The van der Waals surface area contributed by atoms with E-state index in [0.29, 0.717) is 5.75 Å². The number of carbonyl (C=O) groups is 1. The third-order valence-corrected chi connectivity index (χ3v) is 4.84. The number of methoxy groups -OCH3 is 1. The number of amides is 1. The molecule has 2 aromatic carbocycles. The second kappa shape index (κ2) is 8.41. The molecule has 7 nitrogen and oxygen atoms in total. The predicted molar refractivity (Wildman–Crippen MR) is 104 cm³/mol. The van der Waals surface area contributed by atoms with E-state index in [1.165, 1.54) is 25.3 Å². The van der Waals surface area contributed by atoms with Crippen molar-refractivity contribution < 1.29 is 22.7 Å². The van der Waals surface area contributed by atoms with Gasteiger partial charge in [-0.25, -0.2) is 13.6 Å². The van der Waals surface area contributed by atoms with Crippen LogP contribution < -0.4 is 19.9 Å². The fraction of sp³-hybridized carbons (Fsp3) is 0.316. The van der Waals surface area contributed by atoms with E-state index in [4.69, 9.17) is 14.6 Å². The van der Waals surface area contributed by atoms with Crippen LogP contribution in [-0.4, -0.2) is 28.0 Å². The number of hydrogen-bond donors (Lipinski definition) is 2. The maximum absolute atomic E-state index is 12.2. The van der Waals surface area contributed by atoms with E-state index in [-0.39, 0.29) is 28.9 Å². The summed E-state index contributed by atoms with van der Waals surface area (Å²) >= 11 is 0. The van der Waals surface area contributed by atoms with Crippen molar-refractivity contribution >= 4 is 21.6 Å². The molecule has 2 aromatic rings. The van der Waals surface area contributed by atoms with Crippen molar-refractivity contribution in [3.63, 3.8) is 0 Å². The zero-order valence-corrected chi connectivity index (χ0v) is 16.6. The van der Waals surface area contributed by atoms with Gasteiger partial charge in [-0.2, -0.15) is 0 Å². The summed E-state index contributed by atoms with van der Waals surface area (Å²) in [6, 6.07) is 10.1. The van der Waals surface area contributed by atoms with Gasteiger partial charge in [-0.1, -0.05) is 26.0 Å². The van der Waals surface area contributed by atoms with Crippen LogP contribution in [0, 0.1) is 6.92 Å². The molecular formula is C19H24N2O5S. The molecule has 0 spiro atoms. The summed E-state index contributed by atoms with van der Waals surface area (Å²) in [5.74, 6) is 0.590. The standard InChI is InChI=1S/C19H24N2O5S/c1-12(2)15-7-5-13(3)9-17(15)26-11-19(22)21-14-6-8-16(25-4)18(10-14)27(20,23)24/h5-10,12H,11H2,1-4H3,(H,21,22)(H2,20,23,24). The van der Waals surface area contributed by atoms with E-state index < -0.39 is 15.9 Å². The summed E-state index contributed by atoms with van der Waals surface area (Å²) in [5.41, 5.74) is 2.32. The highest BCUT2D eigenvalue weighted by Crippen LogP contribution is 2.28. The number of sulfonamides is 1. The van der Waals surface area contributed by atoms with Crippen LogP contribution in [0.5, 0.6) is 11.5 Å². The number of anilines is 1. The summed E-state index contributed by atoms with van der Waals surface area (Å²) in [6.45, 7) is 5.83. The van der Waals surface area contributed by atoms with Gasteiger partial charge in [0, 0.05) is 5.69 Å². The molecule has 0 heterocycles. The van der Waals surface area contributed by atoms with E-state index in [1.807, 2.05) is 39.0 Å². The number of benzene rings is 2. The SMILES string of the molecule is COc1ccc(NC(=O)COc2cc(C)ccc2C(C)C)cc1S(N)(=O)=O. The second-order valence-corrected chi connectivity index (χ2v) is 7.97. The van der Waals surface area contributed by atoms with Crippen molar-refractivity contribution in [3.8, 4) is 11.5 Å². The zero-order valence-electron chi connectivity index (χ0n) is 15.8. The van der Waals surface area contributed by atoms with Gasteiger partial charge in [-0.05, 0) is 48.2 Å². The molecule has 27 heavy (non-hydrogen) atoms. The molecule has 3 N–H and O–H groups in total. The molecule has 0 aliphatic heterocycles. The Hall–Kier alpha value is -2.58. The first-order valence-electron chi connectivity index (χ1n) is 8.36. The number of rotatable bonds is 7. The van der Waals surface area contributed by atoms with Crippen molar-refractivity contribution in [1.29, 1.82) is 0 Å². The number of aryl methyl sites for hydroxylation is 1. The highest BCUT2D eigenvalue weighted by molar-refractivity contribution is 7.89. The van der Waals surface area contributed by atoms with Gasteiger partial charge in [0.15, 0.2) is 6.61 Å². The summed E-state index contributed by atoms with van der Waals surface area (Å²) in [6.07, 6.45) is 0. The van der Waals surface area contributed by atoms with Gasteiger partial charge >= 0.3 is 0 Å². The number of ether oxygens (including phenoxy) is 2. The van der Waals surface area contributed by atoms with Crippen molar-refractivity contribution in [3.05, 3.63) is 47.5 Å². The minimum Gasteiger partial charge on any atom is -0.495 e. The molecule has 0 radical (unpaired) electrons. The molecule has 0 aromatic heterocycles. The van der Waals surface area contributed by atoms with Crippen molar-refractivity contribution in [2.45, 2.75) is 31.6 Å². The Morgan fingerprint density at radius 1 is 1.15 bits per heavy atom. The van der Waals surface area contributed by atoms with E-state index in [1.54, 1.807) is 0 Å². The van der Waals surface area contributed by atoms with Crippen molar-refractivity contribution in [2.75, 3.05) is 19.0 Å².